The molecule has 0 saturated heterocycles. The summed E-state index contributed by atoms with van der Waals surface area (Å²) in [4.78, 5) is 5.00. The number of para-hydroxylation sites is 1. The molecule has 4 rings (SSSR count). The lowest BCUT2D eigenvalue weighted by Gasteiger charge is -2.15. The molecule has 0 saturated carbocycles. The molecule has 3 nitrogen and oxygen atoms in total. The monoisotopic (exact) mass is 388 g/mol. The highest BCUT2D eigenvalue weighted by molar-refractivity contribution is 6.33. The van der Waals surface area contributed by atoms with E-state index in [-0.39, 0.29) is 0 Å². The summed E-state index contributed by atoms with van der Waals surface area (Å²) in [6, 6.07) is 24.2. The van der Waals surface area contributed by atoms with Gasteiger partial charge in [0.2, 0.25) is 0 Å². The van der Waals surface area contributed by atoms with Crippen molar-refractivity contribution in [2.24, 2.45) is 0 Å². The third-order valence-corrected chi connectivity index (χ3v) is 5.14. The Morgan fingerprint density at radius 2 is 1.79 bits per heavy atom. The van der Waals surface area contributed by atoms with Gasteiger partial charge in [0.1, 0.15) is 5.75 Å². The van der Waals surface area contributed by atoms with Crippen LogP contribution in [0.15, 0.2) is 72.8 Å². The number of fused-ring (bicyclic) bond motifs is 1. The molecule has 0 aliphatic heterocycles. The van der Waals surface area contributed by atoms with Gasteiger partial charge >= 0.3 is 0 Å². The standard InChI is InChI=1S/C24H21ClN2O/c1-16-7-5-8-17-13-18(15-26-19-9-6-10-20(14-19)28-2)24(27-23(16)17)21-11-3-4-12-22(21)25/h3-14,26H,15H2,1-2H3. The van der Waals surface area contributed by atoms with Crippen LogP contribution < -0.4 is 10.1 Å². The van der Waals surface area contributed by atoms with Crippen LogP contribution in [0, 0.1) is 6.92 Å². The molecule has 0 amide bonds. The van der Waals surface area contributed by atoms with Gasteiger partial charge in [0, 0.05) is 34.3 Å². The molecule has 0 aliphatic rings. The summed E-state index contributed by atoms with van der Waals surface area (Å²) in [6.45, 7) is 2.71. The zero-order valence-electron chi connectivity index (χ0n) is 15.9. The summed E-state index contributed by atoms with van der Waals surface area (Å²) in [7, 11) is 1.67. The number of nitrogens with zero attached hydrogens (tertiary/aromatic N) is 1. The number of ether oxygens (including phenoxy) is 1. The van der Waals surface area contributed by atoms with E-state index in [0.29, 0.717) is 11.6 Å². The van der Waals surface area contributed by atoms with Crippen molar-refractivity contribution in [2.75, 3.05) is 12.4 Å². The Labute approximate surface area is 170 Å². The zero-order chi connectivity index (χ0) is 19.5. The van der Waals surface area contributed by atoms with E-state index in [4.69, 9.17) is 21.3 Å². The molecule has 3 aromatic carbocycles. The number of benzene rings is 3. The highest BCUT2D eigenvalue weighted by atomic mass is 35.5. The summed E-state index contributed by atoms with van der Waals surface area (Å²) in [6.07, 6.45) is 0. The number of nitrogens with one attached hydrogen (secondary N) is 1. The molecule has 4 aromatic rings. The van der Waals surface area contributed by atoms with Crippen LogP contribution in [0.4, 0.5) is 5.69 Å². The Balaban J connectivity index is 1.79. The number of pyridine rings is 1. The van der Waals surface area contributed by atoms with Crippen molar-refractivity contribution in [3.8, 4) is 17.0 Å². The fourth-order valence-electron chi connectivity index (χ4n) is 3.34. The lowest BCUT2D eigenvalue weighted by Crippen LogP contribution is -2.04. The van der Waals surface area contributed by atoms with E-state index in [1.165, 1.54) is 0 Å². The number of aryl methyl sites for hydroxylation is 1. The summed E-state index contributed by atoms with van der Waals surface area (Å²) >= 11 is 6.50. The molecule has 0 spiro atoms. The molecule has 28 heavy (non-hydrogen) atoms. The van der Waals surface area contributed by atoms with Crippen LogP contribution in [-0.4, -0.2) is 12.1 Å². The van der Waals surface area contributed by atoms with Gasteiger partial charge < -0.3 is 10.1 Å². The molecule has 1 N–H and O–H groups in total. The molecule has 140 valence electrons. The van der Waals surface area contributed by atoms with Crippen LogP contribution >= 0.6 is 11.6 Å². The Kier molecular flexibility index (Phi) is 5.18. The first-order valence-electron chi connectivity index (χ1n) is 9.18. The minimum absolute atomic E-state index is 0.630. The second kappa shape index (κ2) is 7.91. The third-order valence-electron chi connectivity index (χ3n) is 4.81. The summed E-state index contributed by atoms with van der Waals surface area (Å²) in [5.41, 5.74) is 6.09. The number of rotatable bonds is 5. The zero-order valence-corrected chi connectivity index (χ0v) is 16.6. The second-order valence-corrected chi connectivity index (χ2v) is 7.12. The average molecular weight is 389 g/mol. The highest BCUT2D eigenvalue weighted by Crippen LogP contribution is 2.32. The second-order valence-electron chi connectivity index (χ2n) is 6.71. The Bertz CT molecular complexity index is 1140. The molecule has 0 unspecified atom stereocenters. The quantitative estimate of drug-likeness (QED) is 0.424. The number of hydrogen-bond donors (Lipinski definition) is 1. The van der Waals surface area contributed by atoms with Crippen molar-refractivity contribution in [1.29, 1.82) is 0 Å². The number of aromatic nitrogens is 1. The van der Waals surface area contributed by atoms with Crippen LogP contribution in [0.2, 0.25) is 5.02 Å². The van der Waals surface area contributed by atoms with Crippen molar-refractivity contribution in [3.05, 3.63) is 88.9 Å². The van der Waals surface area contributed by atoms with Crippen LogP contribution in [0.1, 0.15) is 11.1 Å². The Morgan fingerprint density at radius 3 is 2.61 bits per heavy atom. The van der Waals surface area contributed by atoms with Crippen LogP contribution in [0.3, 0.4) is 0 Å². The van der Waals surface area contributed by atoms with Crippen molar-refractivity contribution >= 4 is 28.2 Å². The lowest BCUT2D eigenvalue weighted by molar-refractivity contribution is 0.415. The van der Waals surface area contributed by atoms with E-state index in [0.717, 1.165) is 44.7 Å². The van der Waals surface area contributed by atoms with Crippen molar-refractivity contribution < 1.29 is 4.74 Å². The number of halogens is 1. The SMILES string of the molecule is COc1cccc(NCc2cc3cccc(C)c3nc2-c2ccccc2Cl)c1. The van der Waals surface area contributed by atoms with Crippen LogP contribution in [-0.2, 0) is 6.54 Å². The van der Waals surface area contributed by atoms with Crippen molar-refractivity contribution in [3.63, 3.8) is 0 Å². The molecule has 0 atom stereocenters. The molecule has 0 aliphatic carbocycles. The smallest absolute Gasteiger partial charge is 0.120 e. The van der Waals surface area contributed by atoms with Crippen molar-refractivity contribution in [2.45, 2.75) is 13.5 Å². The van der Waals surface area contributed by atoms with Gasteiger partial charge in [0.05, 0.1) is 18.3 Å². The molecule has 1 heterocycles. The maximum absolute atomic E-state index is 6.50. The highest BCUT2D eigenvalue weighted by Gasteiger charge is 2.13. The van der Waals surface area contributed by atoms with Crippen LogP contribution in [0.25, 0.3) is 22.2 Å². The largest absolute Gasteiger partial charge is 0.497 e. The Morgan fingerprint density at radius 1 is 0.964 bits per heavy atom. The maximum Gasteiger partial charge on any atom is 0.120 e. The van der Waals surface area contributed by atoms with E-state index >= 15 is 0 Å². The fourth-order valence-corrected chi connectivity index (χ4v) is 3.57. The van der Waals surface area contributed by atoms with Gasteiger partial charge in [-0.1, -0.05) is 54.1 Å². The third kappa shape index (κ3) is 3.67. The first-order valence-corrected chi connectivity index (χ1v) is 9.55. The normalized spacial score (nSPS) is 10.8. The predicted molar refractivity (Wildman–Crippen MR) is 117 cm³/mol. The molecular formula is C24H21ClN2O. The molecular weight excluding hydrogens is 368 g/mol. The van der Waals surface area contributed by atoms with E-state index in [2.05, 4.69) is 36.5 Å². The molecule has 1 aromatic heterocycles. The lowest BCUT2D eigenvalue weighted by atomic mass is 10.0. The number of anilines is 1. The summed E-state index contributed by atoms with van der Waals surface area (Å²) in [5, 5.41) is 5.30. The minimum atomic E-state index is 0.630. The molecule has 0 radical (unpaired) electrons. The van der Waals surface area contributed by atoms with E-state index in [9.17, 15) is 0 Å². The first-order chi connectivity index (χ1) is 13.7. The number of hydrogen-bond acceptors (Lipinski definition) is 3. The van der Waals surface area contributed by atoms with Gasteiger partial charge in [0.15, 0.2) is 0 Å². The molecule has 0 bridgehead atoms. The molecule has 0 fully saturated rings. The van der Waals surface area contributed by atoms with Gasteiger partial charge in [0.25, 0.3) is 0 Å². The van der Waals surface area contributed by atoms with Gasteiger partial charge in [-0.25, -0.2) is 4.98 Å². The fraction of sp³-hybridized carbons (Fsp3) is 0.125. The van der Waals surface area contributed by atoms with Crippen molar-refractivity contribution in [1.82, 2.24) is 4.98 Å². The average Bonchev–Trinajstić information content (AvgIpc) is 2.72. The number of methoxy groups -OCH3 is 1. The summed E-state index contributed by atoms with van der Waals surface area (Å²) < 4.78 is 5.32. The predicted octanol–water partition coefficient (Wildman–Crippen LogP) is 6.48. The van der Waals surface area contributed by atoms with E-state index in [1.54, 1.807) is 7.11 Å². The van der Waals surface area contributed by atoms with Gasteiger partial charge in [-0.3, -0.25) is 0 Å². The van der Waals surface area contributed by atoms with E-state index < -0.39 is 0 Å². The van der Waals surface area contributed by atoms with Gasteiger partial charge in [-0.15, -0.1) is 0 Å². The van der Waals surface area contributed by atoms with Crippen LogP contribution in [0.5, 0.6) is 5.75 Å². The van der Waals surface area contributed by atoms with Gasteiger partial charge in [-0.2, -0.15) is 0 Å². The van der Waals surface area contributed by atoms with Gasteiger partial charge in [-0.05, 0) is 42.3 Å². The minimum Gasteiger partial charge on any atom is -0.497 e. The summed E-state index contributed by atoms with van der Waals surface area (Å²) in [5.74, 6) is 0.823. The first kappa shape index (κ1) is 18.3. The Hall–Kier alpha value is -3.04. The maximum atomic E-state index is 6.50. The molecule has 4 heteroatoms. The topological polar surface area (TPSA) is 34.1 Å². The van der Waals surface area contributed by atoms with E-state index in [1.807, 2.05) is 48.5 Å².